The Labute approximate surface area is 156 Å². The second kappa shape index (κ2) is 9.23. The molecule has 132 valence electrons. The van der Waals surface area contributed by atoms with Gasteiger partial charge in [-0.2, -0.15) is 0 Å². The van der Waals surface area contributed by atoms with Crippen LogP contribution < -0.4 is 15.4 Å². The first-order valence-electron chi connectivity index (χ1n) is 8.52. The van der Waals surface area contributed by atoms with Crippen molar-refractivity contribution in [2.75, 3.05) is 11.9 Å². The molecule has 0 aliphatic heterocycles. The van der Waals surface area contributed by atoms with Gasteiger partial charge in [0.15, 0.2) is 5.11 Å². The van der Waals surface area contributed by atoms with Crippen molar-refractivity contribution in [1.82, 2.24) is 5.32 Å². The summed E-state index contributed by atoms with van der Waals surface area (Å²) >= 11 is 5.50. The van der Waals surface area contributed by atoms with Gasteiger partial charge in [-0.15, -0.1) is 0 Å². The number of anilines is 1. The van der Waals surface area contributed by atoms with Crippen molar-refractivity contribution in [2.24, 2.45) is 0 Å². The molecule has 0 saturated heterocycles. The Morgan fingerprint density at radius 2 is 2.04 bits per heavy atom. The Balaban J connectivity index is 2.03. The van der Waals surface area contributed by atoms with Crippen LogP contribution in [0.4, 0.5) is 5.69 Å². The van der Waals surface area contributed by atoms with Gasteiger partial charge in [0.2, 0.25) is 0 Å². The normalized spacial score (nSPS) is 11.5. The first kappa shape index (κ1) is 19.0. The van der Waals surface area contributed by atoms with Crippen LogP contribution in [0.1, 0.15) is 36.1 Å². The van der Waals surface area contributed by atoms with Gasteiger partial charge in [-0.1, -0.05) is 49.4 Å². The van der Waals surface area contributed by atoms with Crippen molar-refractivity contribution in [1.29, 1.82) is 0 Å². The maximum absolute atomic E-state index is 5.55. The van der Waals surface area contributed by atoms with Crippen LogP contribution in [0.15, 0.2) is 55.1 Å². The maximum Gasteiger partial charge on any atom is 0.171 e. The SMILES string of the molecule is C=CCOc1cccc(NC(=S)N[C@H](CC)c2ccc(C)cc2C)c1. The summed E-state index contributed by atoms with van der Waals surface area (Å²) in [7, 11) is 0. The molecule has 2 aromatic carbocycles. The number of hydrogen-bond acceptors (Lipinski definition) is 2. The summed E-state index contributed by atoms with van der Waals surface area (Å²) in [4.78, 5) is 0. The third-order valence-corrected chi connectivity index (χ3v) is 4.19. The molecular formula is C21H26N2OS. The zero-order valence-corrected chi connectivity index (χ0v) is 16.0. The van der Waals surface area contributed by atoms with E-state index < -0.39 is 0 Å². The maximum atomic E-state index is 5.55. The summed E-state index contributed by atoms with van der Waals surface area (Å²) in [6.07, 6.45) is 2.68. The van der Waals surface area contributed by atoms with Crippen LogP contribution in [0.25, 0.3) is 0 Å². The summed E-state index contributed by atoms with van der Waals surface area (Å²) in [5.41, 5.74) is 4.73. The minimum atomic E-state index is 0.181. The van der Waals surface area contributed by atoms with Crippen LogP contribution in [-0.2, 0) is 0 Å². The highest BCUT2D eigenvalue weighted by Gasteiger charge is 2.13. The van der Waals surface area contributed by atoms with Gasteiger partial charge in [-0.05, 0) is 55.7 Å². The van der Waals surface area contributed by atoms with Gasteiger partial charge in [0.25, 0.3) is 0 Å². The van der Waals surface area contributed by atoms with Crippen LogP contribution >= 0.6 is 12.2 Å². The Morgan fingerprint density at radius 3 is 2.72 bits per heavy atom. The van der Waals surface area contributed by atoms with E-state index in [0.29, 0.717) is 11.7 Å². The average molecular weight is 355 g/mol. The van der Waals surface area contributed by atoms with E-state index in [1.165, 1.54) is 16.7 Å². The fourth-order valence-electron chi connectivity index (χ4n) is 2.76. The lowest BCUT2D eigenvalue weighted by atomic mass is 9.98. The summed E-state index contributed by atoms with van der Waals surface area (Å²) in [5, 5.41) is 7.26. The molecule has 2 N–H and O–H groups in total. The highest BCUT2D eigenvalue weighted by atomic mass is 32.1. The fraction of sp³-hybridized carbons (Fsp3) is 0.286. The predicted octanol–water partition coefficient (Wildman–Crippen LogP) is 5.31. The molecule has 0 radical (unpaired) electrons. The summed E-state index contributed by atoms with van der Waals surface area (Å²) < 4.78 is 5.55. The van der Waals surface area contributed by atoms with Gasteiger partial charge in [0, 0.05) is 11.8 Å². The fourth-order valence-corrected chi connectivity index (χ4v) is 3.02. The van der Waals surface area contributed by atoms with Crippen LogP contribution in [-0.4, -0.2) is 11.7 Å². The molecule has 0 aromatic heterocycles. The second-order valence-electron chi connectivity index (χ2n) is 6.05. The van der Waals surface area contributed by atoms with E-state index in [9.17, 15) is 0 Å². The van der Waals surface area contributed by atoms with Gasteiger partial charge >= 0.3 is 0 Å². The third-order valence-electron chi connectivity index (χ3n) is 3.97. The van der Waals surface area contributed by atoms with Crippen molar-refractivity contribution in [3.05, 3.63) is 71.8 Å². The number of rotatable bonds is 7. The van der Waals surface area contributed by atoms with Crippen LogP contribution in [0.2, 0.25) is 0 Å². The van der Waals surface area contributed by atoms with E-state index in [0.717, 1.165) is 17.9 Å². The van der Waals surface area contributed by atoms with Gasteiger partial charge in [-0.3, -0.25) is 0 Å². The monoisotopic (exact) mass is 354 g/mol. The molecule has 0 unspecified atom stereocenters. The predicted molar refractivity (Wildman–Crippen MR) is 110 cm³/mol. The van der Waals surface area contributed by atoms with Gasteiger partial charge in [0.05, 0.1) is 6.04 Å². The highest BCUT2D eigenvalue weighted by molar-refractivity contribution is 7.80. The molecular weight excluding hydrogens is 328 g/mol. The van der Waals surface area contributed by atoms with Gasteiger partial charge in [0.1, 0.15) is 12.4 Å². The average Bonchev–Trinajstić information content (AvgIpc) is 2.58. The molecule has 2 aromatic rings. The largest absolute Gasteiger partial charge is 0.489 e. The van der Waals surface area contributed by atoms with E-state index in [2.05, 4.69) is 56.2 Å². The zero-order valence-electron chi connectivity index (χ0n) is 15.1. The van der Waals surface area contributed by atoms with E-state index >= 15 is 0 Å². The lowest BCUT2D eigenvalue weighted by Crippen LogP contribution is -2.32. The lowest BCUT2D eigenvalue weighted by Gasteiger charge is -2.22. The standard InChI is InChI=1S/C21H26N2OS/c1-5-12-24-18-9-7-8-17(14-18)22-21(25)23-20(6-2)19-11-10-15(3)13-16(19)4/h5,7-11,13-14,20H,1,6,12H2,2-4H3,(H2,22,23,25)/t20-/m1/s1. The van der Waals surface area contributed by atoms with E-state index in [1.807, 2.05) is 24.3 Å². The number of hydrogen-bond donors (Lipinski definition) is 2. The molecule has 0 heterocycles. The van der Waals surface area contributed by atoms with Crippen LogP contribution in [0, 0.1) is 13.8 Å². The van der Waals surface area contributed by atoms with E-state index in [1.54, 1.807) is 6.08 Å². The smallest absolute Gasteiger partial charge is 0.171 e. The molecule has 0 fully saturated rings. The number of nitrogens with one attached hydrogen (secondary N) is 2. The molecule has 0 spiro atoms. The molecule has 25 heavy (non-hydrogen) atoms. The minimum absolute atomic E-state index is 0.181. The number of aryl methyl sites for hydroxylation is 2. The molecule has 0 aliphatic carbocycles. The number of benzene rings is 2. The summed E-state index contributed by atoms with van der Waals surface area (Å²) in [6.45, 7) is 10.5. The number of ether oxygens (including phenoxy) is 1. The second-order valence-corrected chi connectivity index (χ2v) is 6.46. The highest BCUT2D eigenvalue weighted by Crippen LogP contribution is 2.22. The van der Waals surface area contributed by atoms with E-state index in [-0.39, 0.29) is 6.04 Å². The summed E-state index contributed by atoms with van der Waals surface area (Å²) in [5.74, 6) is 0.786. The quantitative estimate of drug-likeness (QED) is 0.522. The molecule has 0 amide bonds. The van der Waals surface area contributed by atoms with Crippen molar-refractivity contribution in [2.45, 2.75) is 33.2 Å². The molecule has 3 nitrogen and oxygen atoms in total. The van der Waals surface area contributed by atoms with Crippen molar-refractivity contribution in [3.8, 4) is 5.75 Å². The van der Waals surface area contributed by atoms with Gasteiger partial charge < -0.3 is 15.4 Å². The third kappa shape index (κ3) is 5.61. The Hall–Kier alpha value is -2.33. The molecule has 2 rings (SSSR count). The Bertz CT molecular complexity index is 742. The molecule has 4 heteroatoms. The molecule has 1 atom stereocenters. The Morgan fingerprint density at radius 1 is 1.24 bits per heavy atom. The molecule has 0 saturated carbocycles. The first-order valence-corrected chi connectivity index (χ1v) is 8.92. The Kier molecular flexibility index (Phi) is 7.02. The topological polar surface area (TPSA) is 33.3 Å². The van der Waals surface area contributed by atoms with Crippen LogP contribution in [0.3, 0.4) is 0 Å². The molecule has 0 aliphatic rings. The summed E-state index contributed by atoms with van der Waals surface area (Å²) in [6, 6.07) is 14.4. The zero-order chi connectivity index (χ0) is 18.2. The van der Waals surface area contributed by atoms with Crippen LogP contribution in [0.5, 0.6) is 5.75 Å². The lowest BCUT2D eigenvalue weighted by molar-refractivity contribution is 0.363. The van der Waals surface area contributed by atoms with Crippen molar-refractivity contribution in [3.63, 3.8) is 0 Å². The van der Waals surface area contributed by atoms with E-state index in [4.69, 9.17) is 17.0 Å². The van der Waals surface area contributed by atoms with Crippen molar-refractivity contribution >= 4 is 23.0 Å². The molecule has 0 bridgehead atoms. The minimum Gasteiger partial charge on any atom is -0.489 e. The number of thiocarbonyl (C=S) groups is 1. The van der Waals surface area contributed by atoms with Crippen molar-refractivity contribution < 1.29 is 4.74 Å². The van der Waals surface area contributed by atoms with Gasteiger partial charge in [-0.25, -0.2) is 0 Å². The first-order chi connectivity index (χ1) is 12.0.